The number of nitro groups is 1. The largest absolute Gasteiger partial charge is 0.455 e. The van der Waals surface area contributed by atoms with Crippen LogP contribution in [0.2, 0.25) is 5.02 Å². The van der Waals surface area contributed by atoms with Crippen molar-refractivity contribution in [2.24, 2.45) is 11.3 Å². The molecule has 4 N–H and O–H groups in total. The fourth-order valence-electron chi connectivity index (χ4n) is 12.0. The summed E-state index contributed by atoms with van der Waals surface area (Å²) in [5.41, 5.74) is 6.04. The zero-order chi connectivity index (χ0) is 59.6. The van der Waals surface area contributed by atoms with Crippen molar-refractivity contribution < 1.29 is 42.1 Å². The summed E-state index contributed by atoms with van der Waals surface area (Å²) in [7, 11) is -4.65. The Hall–Kier alpha value is -8.42. The van der Waals surface area contributed by atoms with E-state index in [1.807, 2.05) is 18.2 Å². The van der Waals surface area contributed by atoms with E-state index in [0.29, 0.717) is 48.0 Å². The molecule has 1 atom stereocenters. The lowest BCUT2D eigenvalue weighted by Crippen LogP contribution is -2.54. The van der Waals surface area contributed by atoms with Gasteiger partial charge in [-0.25, -0.2) is 18.1 Å². The fraction of sp³-hybridized carbons (Fsp3) is 0.365. The topological polar surface area (TPSA) is 250 Å². The van der Waals surface area contributed by atoms with Gasteiger partial charge in [-0.3, -0.25) is 49.2 Å². The highest BCUT2D eigenvalue weighted by molar-refractivity contribution is 7.90. The smallest absolute Gasteiger partial charge is 0.293 e. The highest BCUT2D eigenvalue weighted by Crippen LogP contribution is 2.44. The van der Waals surface area contributed by atoms with Crippen LogP contribution in [-0.4, -0.2) is 132 Å². The van der Waals surface area contributed by atoms with E-state index in [1.54, 1.807) is 36.5 Å². The van der Waals surface area contributed by atoms with Crippen molar-refractivity contribution in [2.45, 2.75) is 82.6 Å². The van der Waals surface area contributed by atoms with Gasteiger partial charge in [-0.15, -0.1) is 0 Å². The molecule has 0 saturated carbocycles. The molecule has 3 saturated heterocycles. The number of amides is 5. The van der Waals surface area contributed by atoms with Gasteiger partial charge in [-0.05, 0) is 148 Å². The number of pyridine rings is 1. The molecule has 4 aromatic carbocycles. The summed E-state index contributed by atoms with van der Waals surface area (Å²) in [4.78, 5) is 91.8. The number of nitrogens with zero attached hydrogens (tertiary/aromatic N) is 6. The van der Waals surface area contributed by atoms with Crippen molar-refractivity contribution >= 4 is 84.8 Å². The molecule has 11 rings (SSSR count). The number of aromatic amines is 1. The number of unbranched alkanes of at least 4 members (excludes halogenated alkanes) is 1. The maximum atomic E-state index is 14.2. The number of sulfonamides is 1. The number of H-pyrrole nitrogens is 1. The monoisotopic (exact) mass is 1190 g/mol. The summed E-state index contributed by atoms with van der Waals surface area (Å²) in [5, 5.41) is 19.3. The zero-order valence-corrected chi connectivity index (χ0v) is 48.8. The van der Waals surface area contributed by atoms with Crippen LogP contribution in [0.3, 0.4) is 0 Å². The van der Waals surface area contributed by atoms with Gasteiger partial charge in [0.1, 0.15) is 28.9 Å². The van der Waals surface area contributed by atoms with Gasteiger partial charge < -0.3 is 24.8 Å². The summed E-state index contributed by atoms with van der Waals surface area (Å²) >= 11 is 6.27. The molecule has 0 radical (unpaired) electrons. The van der Waals surface area contributed by atoms with Crippen LogP contribution in [0.1, 0.15) is 114 Å². The van der Waals surface area contributed by atoms with Crippen LogP contribution >= 0.6 is 11.6 Å². The van der Waals surface area contributed by atoms with Crippen molar-refractivity contribution in [1.29, 1.82) is 0 Å². The Morgan fingerprint density at radius 2 is 1.69 bits per heavy atom. The molecular weight excluding hydrogens is 1120 g/mol. The minimum absolute atomic E-state index is 0.0303. The number of aromatic nitrogens is 2. The maximum Gasteiger partial charge on any atom is 0.293 e. The molecule has 0 bridgehead atoms. The van der Waals surface area contributed by atoms with Crippen LogP contribution < -0.4 is 25.0 Å². The summed E-state index contributed by atoms with van der Waals surface area (Å²) in [6, 6.07) is 24.1. The average molecular weight is 1190 g/mol. The Balaban J connectivity index is 0.694. The number of fused-ring (bicyclic) bond motifs is 2. The summed E-state index contributed by atoms with van der Waals surface area (Å²) in [6.07, 6.45) is 9.39. The normalized spacial score (nSPS) is 18.7. The second-order valence-corrected chi connectivity index (χ2v) is 25.3. The molecule has 5 amide bonds. The number of piperazine rings is 1. The minimum atomic E-state index is -4.65. The molecular formula is C63H65ClN10O10S. The number of hydrogen-bond acceptors (Lipinski definition) is 15. The third-order valence-electron chi connectivity index (χ3n) is 16.8. The molecule has 22 heteroatoms. The number of carbonyl (C=O) groups excluding carboxylic acids is 5. The first-order valence-corrected chi connectivity index (χ1v) is 30.6. The van der Waals surface area contributed by atoms with Crippen LogP contribution in [0, 0.1) is 33.3 Å². The predicted octanol–water partition coefficient (Wildman–Crippen LogP) is 9.18. The van der Waals surface area contributed by atoms with E-state index in [4.69, 9.17) is 16.3 Å². The Morgan fingerprint density at radius 3 is 2.46 bits per heavy atom. The quantitative estimate of drug-likeness (QED) is 0.0218. The standard InChI is InChI=1S/C63H65ClN10O10S/c1-63(2)24-20-44(51(36-63)41-10-12-45(64)13-11-41)39-71-29-31-72(32-30-71)46-14-16-49(55(34-46)84-47-33-43-21-25-65-58(43)67-38-47)59(76)69-85(82,83)48-15-17-52(54(35-48)74(80)81)66-37-40-22-27-70(28-23-40)26-5-3-4-7-42-8-6-9-50-57(42)62(79)73(61(50)78)53-18-19-56(75)68-60(53)77/h6,8-17,21,25,33-35,38,40,53,66H,3,5,18-20,22-24,26-32,36-37,39H2,1-2H3,(H,65,67)(H,69,76)(H,68,75,77). The number of ether oxygens (including phenoxy) is 1. The van der Waals surface area contributed by atoms with E-state index in [2.05, 4.69) is 77.8 Å². The summed E-state index contributed by atoms with van der Waals surface area (Å²) < 4.78 is 36.4. The third kappa shape index (κ3) is 13.1. The average Bonchev–Trinajstić information content (AvgIpc) is 4.28. The number of anilines is 2. The van der Waals surface area contributed by atoms with Gasteiger partial charge in [0.05, 0.1) is 32.7 Å². The van der Waals surface area contributed by atoms with Crippen LogP contribution in [-0.2, 0) is 19.6 Å². The molecule has 4 aliphatic heterocycles. The van der Waals surface area contributed by atoms with Gasteiger partial charge in [0.25, 0.3) is 33.4 Å². The van der Waals surface area contributed by atoms with Crippen LogP contribution in [0.5, 0.6) is 11.5 Å². The number of rotatable bonds is 17. The minimum Gasteiger partial charge on any atom is -0.455 e. The Kier molecular flexibility index (Phi) is 16.9. The number of nitrogens with one attached hydrogen (secondary N) is 4. The number of carbonyl (C=O) groups is 5. The molecule has 6 heterocycles. The SMILES string of the molecule is CC1(C)CCC(CN2CCN(c3ccc(C(=O)NS(=O)(=O)c4ccc(NCC5CCN(CCCC#Cc6cccc7c6C(=O)N(C6CCC(=O)NC6=O)C7=O)CC5)c([N+](=O)[O-])c4)c(Oc4cnc5[nH]ccc5c4)c3)CC2)=C(c2ccc(Cl)cc2)C1. The number of hydrogen-bond donors (Lipinski definition) is 4. The summed E-state index contributed by atoms with van der Waals surface area (Å²) in [5.74, 6) is 3.50. The van der Waals surface area contributed by atoms with E-state index in [-0.39, 0.29) is 52.3 Å². The van der Waals surface area contributed by atoms with Gasteiger partial charge >= 0.3 is 0 Å². The molecule has 3 fully saturated rings. The number of likely N-dealkylation sites (tertiary alicyclic amines) is 1. The molecule has 1 aliphatic carbocycles. The molecule has 1 unspecified atom stereocenters. The lowest BCUT2D eigenvalue weighted by Gasteiger charge is -2.39. The number of nitro benzene ring substituents is 1. The Labute approximate surface area is 497 Å². The van der Waals surface area contributed by atoms with Gasteiger partial charge in [-0.1, -0.05) is 61.1 Å². The van der Waals surface area contributed by atoms with Crippen LogP contribution in [0.4, 0.5) is 17.1 Å². The fourth-order valence-corrected chi connectivity index (χ4v) is 13.1. The van der Waals surface area contributed by atoms with Gasteiger partial charge in [0.2, 0.25) is 11.8 Å². The van der Waals surface area contributed by atoms with Crippen LogP contribution in [0.25, 0.3) is 16.6 Å². The van der Waals surface area contributed by atoms with E-state index in [0.717, 1.165) is 99.8 Å². The van der Waals surface area contributed by atoms with Crippen molar-refractivity contribution in [2.75, 3.05) is 69.1 Å². The lowest BCUT2D eigenvalue weighted by atomic mass is 9.72. The number of piperidine rings is 2. The van der Waals surface area contributed by atoms with Crippen molar-refractivity contribution in [3.63, 3.8) is 0 Å². The first kappa shape index (κ1) is 58.4. The molecule has 5 aliphatic rings. The number of benzene rings is 4. The highest BCUT2D eigenvalue weighted by atomic mass is 35.5. The van der Waals surface area contributed by atoms with Crippen molar-refractivity contribution in [1.82, 2.24) is 34.7 Å². The first-order chi connectivity index (χ1) is 40.9. The zero-order valence-electron chi connectivity index (χ0n) is 47.2. The molecule has 0 spiro atoms. The molecule has 6 aromatic rings. The second-order valence-electron chi connectivity index (χ2n) is 23.2. The molecule has 440 valence electrons. The van der Waals surface area contributed by atoms with Gasteiger partial charge in [-0.2, -0.15) is 0 Å². The molecule has 85 heavy (non-hydrogen) atoms. The third-order valence-corrected chi connectivity index (χ3v) is 18.4. The van der Waals surface area contributed by atoms with Crippen molar-refractivity contribution in [3.8, 4) is 23.3 Å². The maximum absolute atomic E-state index is 14.2. The van der Waals surface area contributed by atoms with Crippen molar-refractivity contribution in [3.05, 3.63) is 152 Å². The Morgan fingerprint density at radius 1 is 0.906 bits per heavy atom. The van der Waals surface area contributed by atoms with E-state index < -0.39 is 61.1 Å². The van der Waals surface area contributed by atoms with E-state index in [1.165, 1.54) is 47.2 Å². The van der Waals surface area contributed by atoms with E-state index in [9.17, 15) is 42.5 Å². The number of imide groups is 2. The Bertz CT molecular complexity index is 3860. The van der Waals surface area contributed by atoms with Gasteiger partial charge in [0, 0.05) is 92.1 Å². The van der Waals surface area contributed by atoms with Crippen LogP contribution in [0.15, 0.2) is 114 Å². The predicted molar refractivity (Wildman–Crippen MR) is 322 cm³/mol. The summed E-state index contributed by atoms with van der Waals surface area (Å²) in [6.45, 7) is 11.2. The molecule has 20 nitrogen and oxygen atoms in total. The van der Waals surface area contributed by atoms with Gasteiger partial charge in [0.15, 0.2) is 0 Å². The number of halogens is 1. The lowest BCUT2D eigenvalue weighted by molar-refractivity contribution is -0.384. The highest BCUT2D eigenvalue weighted by Gasteiger charge is 2.45. The first-order valence-electron chi connectivity index (χ1n) is 28.7. The van der Waals surface area contributed by atoms with E-state index >= 15 is 0 Å². The second kappa shape index (κ2) is 24.7. The number of allylic oxidation sites excluding steroid dienone is 1. The molecule has 2 aromatic heterocycles.